The number of amides is 2. The third-order valence-corrected chi connectivity index (χ3v) is 7.71. The van der Waals surface area contributed by atoms with Gasteiger partial charge in [0.15, 0.2) is 16.9 Å². The number of rotatable bonds is 7. The molecular weight excluding hydrogens is 420 g/mol. The summed E-state index contributed by atoms with van der Waals surface area (Å²) >= 11 is 0. The van der Waals surface area contributed by atoms with Crippen LogP contribution in [0.25, 0.3) is 0 Å². The first-order chi connectivity index (χ1) is 14.8. The van der Waals surface area contributed by atoms with E-state index in [1.54, 1.807) is 12.5 Å². The van der Waals surface area contributed by atoms with Crippen LogP contribution in [0, 0.1) is 12.3 Å². The minimum absolute atomic E-state index is 0.0730. The predicted octanol–water partition coefficient (Wildman–Crippen LogP) is 0.949. The zero-order valence-electron chi connectivity index (χ0n) is 17.4. The van der Waals surface area contributed by atoms with E-state index >= 15 is 0 Å². The average molecular weight is 450 g/mol. The smallest absolute Gasteiger partial charge is 0.261 e. The van der Waals surface area contributed by atoms with E-state index in [1.165, 1.54) is 37.6 Å². The molecule has 3 N–H and O–H groups in total. The number of nitrogens with one attached hydrogen (secondary N) is 1. The number of hydrogen-bond acceptors (Lipinski definition) is 6. The van der Waals surface area contributed by atoms with Gasteiger partial charge in [-0.15, -0.1) is 0 Å². The van der Waals surface area contributed by atoms with E-state index < -0.39 is 33.8 Å². The molecule has 2 amide bonds. The first-order valence-electron chi connectivity index (χ1n) is 10.7. The monoisotopic (exact) mass is 449 g/mol. The Labute approximate surface area is 182 Å². The van der Waals surface area contributed by atoms with Gasteiger partial charge in [-0.2, -0.15) is 4.31 Å². The van der Waals surface area contributed by atoms with Crippen LogP contribution in [0.15, 0.2) is 29.4 Å². The van der Waals surface area contributed by atoms with E-state index in [4.69, 9.17) is 5.73 Å². The van der Waals surface area contributed by atoms with E-state index in [0.29, 0.717) is 12.3 Å². The minimum atomic E-state index is -4.21. The number of carbonyl (C=O) groups excluding carboxylic acids is 3. The van der Waals surface area contributed by atoms with Crippen molar-refractivity contribution < 1.29 is 22.8 Å². The van der Waals surface area contributed by atoms with Gasteiger partial charge in [-0.3, -0.25) is 14.4 Å². The molecule has 169 valence electrons. The van der Waals surface area contributed by atoms with Crippen molar-refractivity contribution in [2.75, 3.05) is 6.54 Å². The summed E-state index contributed by atoms with van der Waals surface area (Å²) in [7, 11) is -4.21. The Bertz CT molecular complexity index is 900. The van der Waals surface area contributed by atoms with Gasteiger partial charge in [0, 0.05) is 19.2 Å². The number of primary amides is 1. The molecule has 0 aromatic carbocycles. The van der Waals surface area contributed by atoms with Gasteiger partial charge in [-0.05, 0) is 37.3 Å². The fourth-order valence-electron chi connectivity index (χ4n) is 4.29. The summed E-state index contributed by atoms with van der Waals surface area (Å²) in [5.74, 6) is -1.70. The Balaban J connectivity index is 1.71. The van der Waals surface area contributed by atoms with Crippen LogP contribution in [-0.2, 0) is 24.4 Å². The molecule has 0 unspecified atom stereocenters. The standard InChI is InChI=1S/C21H29N4O5S/c22-21(28)19-20(27)16(24-17(26)12-11-15-7-2-1-3-8-15)9-6-14-25(19)31(29,30)18-10-4-5-13-23-18/h4-5,10,12-13,15-16,19H,1-3,6-9,11,14H2,(H2,22,28)(H,24,26)/t16-,19+/m0/s1. The Morgan fingerprint density at radius 2 is 1.90 bits per heavy atom. The van der Waals surface area contributed by atoms with Gasteiger partial charge in [-0.1, -0.05) is 38.2 Å². The van der Waals surface area contributed by atoms with Crippen LogP contribution in [0.5, 0.6) is 0 Å². The molecule has 2 heterocycles. The van der Waals surface area contributed by atoms with Gasteiger partial charge in [-0.25, -0.2) is 13.4 Å². The van der Waals surface area contributed by atoms with Crippen molar-refractivity contribution in [3.63, 3.8) is 0 Å². The molecule has 0 spiro atoms. The number of ketones is 1. The number of carbonyl (C=O) groups is 3. The summed E-state index contributed by atoms with van der Waals surface area (Å²) in [5.41, 5.74) is 5.43. The molecule has 1 radical (unpaired) electrons. The number of pyridine rings is 1. The third kappa shape index (κ3) is 5.68. The van der Waals surface area contributed by atoms with Crippen LogP contribution in [0.2, 0.25) is 0 Å². The first-order valence-corrected chi connectivity index (χ1v) is 12.1. The van der Waals surface area contributed by atoms with Crippen LogP contribution in [-0.4, -0.2) is 53.9 Å². The molecule has 1 aliphatic heterocycles. The Kier molecular flexibility index (Phi) is 7.77. The number of hydrogen-bond donors (Lipinski definition) is 2. The molecule has 1 aromatic heterocycles. The molecule has 31 heavy (non-hydrogen) atoms. The molecule has 1 aliphatic carbocycles. The first kappa shape index (κ1) is 23.3. The molecule has 1 saturated carbocycles. The van der Waals surface area contributed by atoms with Gasteiger partial charge < -0.3 is 11.1 Å². The van der Waals surface area contributed by atoms with Crippen LogP contribution in [0.4, 0.5) is 0 Å². The van der Waals surface area contributed by atoms with Crippen LogP contribution < -0.4 is 11.1 Å². The quantitative estimate of drug-likeness (QED) is 0.594. The highest BCUT2D eigenvalue weighted by molar-refractivity contribution is 7.89. The zero-order valence-corrected chi connectivity index (χ0v) is 18.2. The van der Waals surface area contributed by atoms with Crippen molar-refractivity contribution >= 4 is 27.6 Å². The molecule has 10 heteroatoms. The second-order valence-electron chi connectivity index (χ2n) is 8.14. The molecule has 1 saturated heterocycles. The maximum absolute atomic E-state index is 13.1. The van der Waals surface area contributed by atoms with Crippen molar-refractivity contribution in [1.82, 2.24) is 14.6 Å². The maximum Gasteiger partial charge on any atom is 0.261 e. The van der Waals surface area contributed by atoms with Crippen molar-refractivity contribution in [1.29, 1.82) is 0 Å². The van der Waals surface area contributed by atoms with Gasteiger partial charge >= 0.3 is 0 Å². The van der Waals surface area contributed by atoms with Gasteiger partial charge in [0.25, 0.3) is 10.0 Å². The largest absolute Gasteiger partial charge is 0.368 e. The van der Waals surface area contributed by atoms with Crippen LogP contribution in [0.3, 0.4) is 0 Å². The molecular formula is C21H29N4O5S. The molecule has 3 rings (SSSR count). The van der Waals surface area contributed by atoms with E-state index in [-0.39, 0.29) is 30.3 Å². The van der Waals surface area contributed by atoms with Crippen molar-refractivity contribution in [3.05, 3.63) is 30.8 Å². The van der Waals surface area contributed by atoms with Gasteiger partial charge in [0.1, 0.15) is 0 Å². The number of aromatic nitrogens is 1. The summed E-state index contributed by atoms with van der Waals surface area (Å²) in [4.78, 5) is 41.4. The van der Waals surface area contributed by atoms with E-state index in [2.05, 4.69) is 10.3 Å². The van der Waals surface area contributed by atoms with E-state index in [0.717, 1.165) is 17.1 Å². The number of nitrogens with two attached hydrogens (primary N) is 1. The highest BCUT2D eigenvalue weighted by Gasteiger charge is 2.44. The molecule has 2 aliphatic rings. The van der Waals surface area contributed by atoms with E-state index in [9.17, 15) is 22.8 Å². The average Bonchev–Trinajstić information content (AvgIpc) is 2.93. The normalized spacial score (nSPS) is 23.8. The third-order valence-electron chi connectivity index (χ3n) is 5.93. The topological polar surface area (TPSA) is 140 Å². The Hall–Kier alpha value is -2.33. The summed E-state index contributed by atoms with van der Waals surface area (Å²) in [6.45, 7) is -0.0730. The number of sulfonamides is 1. The van der Waals surface area contributed by atoms with Gasteiger partial charge in [0.05, 0.1) is 6.04 Å². The van der Waals surface area contributed by atoms with Crippen molar-refractivity contribution in [2.45, 2.75) is 68.5 Å². The Morgan fingerprint density at radius 3 is 2.55 bits per heavy atom. The summed E-state index contributed by atoms with van der Waals surface area (Å²) < 4.78 is 26.8. The zero-order chi connectivity index (χ0) is 22.4. The summed E-state index contributed by atoms with van der Waals surface area (Å²) in [6, 6.07) is 1.69. The van der Waals surface area contributed by atoms with Crippen LogP contribution >= 0.6 is 0 Å². The summed E-state index contributed by atoms with van der Waals surface area (Å²) in [6.07, 6.45) is 9.77. The van der Waals surface area contributed by atoms with Gasteiger partial charge in [0.2, 0.25) is 11.8 Å². The molecule has 2 fully saturated rings. The fourth-order valence-corrected chi connectivity index (χ4v) is 5.83. The summed E-state index contributed by atoms with van der Waals surface area (Å²) in [5, 5.41) is 2.39. The lowest BCUT2D eigenvalue weighted by Crippen LogP contribution is -2.56. The lowest BCUT2D eigenvalue weighted by molar-refractivity contribution is -0.134. The predicted molar refractivity (Wildman–Crippen MR) is 113 cm³/mol. The van der Waals surface area contributed by atoms with E-state index in [1.807, 2.05) is 0 Å². The van der Waals surface area contributed by atoms with Crippen molar-refractivity contribution in [2.24, 2.45) is 11.7 Å². The second kappa shape index (κ2) is 10.3. The number of nitrogens with zero attached hydrogens (tertiary/aromatic N) is 2. The molecule has 0 bridgehead atoms. The molecule has 2 atom stereocenters. The highest BCUT2D eigenvalue weighted by Crippen LogP contribution is 2.27. The second-order valence-corrected chi connectivity index (χ2v) is 9.98. The lowest BCUT2D eigenvalue weighted by atomic mass is 9.86. The lowest BCUT2D eigenvalue weighted by Gasteiger charge is -2.26. The minimum Gasteiger partial charge on any atom is -0.368 e. The SMILES string of the molecule is NC(=O)[C@H]1C(=O)[C@@H](NC(=O)[CH]CC2CCCCC2)CCCN1S(=O)(=O)c1ccccn1. The molecule has 9 nitrogen and oxygen atoms in total. The Morgan fingerprint density at radius 1 is 1.16 bits per heavy atom. The molecule has 1 aromatic rings. The maximum atomic E-state index is 13.1. The highest BCUT2D eigenvalue weighted by atomic mass is 32.2. The number of Topliss-reactive ketones (excluding diaryl/α,β-unsaturated/α-hetero) is 1. The van der Waals surface area contributed by atoms with Crippen molar-refractivity contribution in [3.8, 4) is 0 Å². The fraction of sp³-hybridized carbons (Fsp3) is 0.571. The van der Waals surface area contributed by atoms with Crippen LogP contribution in [0.1, 0.15) is 51.4 Å².